The number of rotatable bonds is 4. The molecule has 1 atom stereocenters. The van der Waals surface area contributed by atoms with Gasteiger partial charge < -0.3 is 11.5 Å². The smallest absolute Gasteiger partial charge is 0.330 e. The summed E-state index contributed by atoms with van der Waals surface area (Å²) in [6, 6.07) is 3.29. The lowest BCUT2D eigenvalue weighted by atomic mass is 10.0. The predicted molar refractivity (Wildman–Crippen MR) is 68.9 cm³/mol. The third kappa shape index (κ3) is 4.65. The Morgan fingerprint density at radius 1 is 1.28 bits per heavy atom. The molecule has 18 heavy (non-hydrogen) atoms. The Morgan fingerprint density at radius 2 is 1.89 bits per heavy atom. The Labute approximate surface area is 115 Å². The van der Waals surface area contributed by atoms with Crippen LogP contribution in [0.1, 0.15) is 30.0 Å². The molecule has 1 aromatic rings. The van der Waals surface area contributed by atoms with Crippen LogP contribution in [0.25, 0.3) is 0 Å². The molecule has 1 rings (SSSR count). The Bertz CT molecular complexity index is 383. The summed E-state index contributed by atoms with van der Waals surface area (Å²) in [5.74, 6) is 0. The molecular formula is C11H15Cl2F3N2. The molecule has 2 nitrogen and oxygen atoms in total. The first-order valence-corrected chi connectivity index (χ1v) is 5.56. The highest BCUT2D eigenvalue weighted by molar-refractivity contribution is 6.31. The Balaban J connectivity index is 0.00000289. The summed E-state index contributed by atoms with van der Waals surface area (Å²) in [4.78, 5) is 0. The van der Waals surface area contributed by atoms with Gasteiger partial charge in [0, 0.05) is 6.04 Å². The molecule has 1 aromatic carbocycles. The van der Waals surface area contributed by atoms with E-state index >= 15 is 0 Å². The van der Waals surface area contributed by atoms with Gasteiger partial charge in [-0.15, -0.1) is 12.4 Å². The van der Waals surface area contributed by atoms with Crippen molar-refractivity contribution in [2.45, 2.75) is 25.1 Å². The number of alkyl halides is 3. The van der Waals surface area contributed by atoms with Crippen LogP contribution < -0.4 is 11.5 Å². The zero-order chi connectivity index (χ0) is 13.1. The third-order valence-electron chi connectivity index (χ3n) is 2.44. The van der Waals surface area contributed by atoms with Crippen molar-refractivity contribution in [2.75, 3.05) is 6.54 Å². The van der Waals surface area contributed by atoms with Crippen molar-refractivity contribution in [3.8, 4) is 0 Å². The minimum Gasteiger partial charge on any atom is -0.330 e. The van der Waals surface area contributed by atoms with Crippen molar-refractivity contribution in [1.29, 1.82) is 0 Å². The summed E-state index contributed by atoms with van der Waals surface area (Å²) in [5, 5.41) is -0.313. The van der Waals surface area contributed by atoms with Gasteiger partial charge in [0.1, 0.15) is 0 Å². The lowest BCUT2D eigenvalue weighted by Gasteiger charge is -2.15. The van der Waals surface area contributed by atoms with Crippen molar-refractivity contribution in [2.24, 2.45) is 11.5 Å². The average Bonchev–Trinajstić information content (AvgIpc) is 2.25. The molecule has 104 valence electrons. The first-order valence-electron chi connectivity index (χ1n) is 5.18. The zero-order valence-electron chi connectivity index (χ0n) is 9.51. The van der Waals surface area contributed by atoms with Crippen molar-refractivity contribution < 1.29 is 13.2 Å². The Kier molecular flexibility index (Phi) is 6.99. The lowest BCUT2D eigenvalue weighted by Crippen LogP contribution is -2.14. The van der Waals surface area contributed by atoms with Crippen LogP contribution in [0, 0.1) is 0 Å². The number of nitrogens with two attached hydrogens (primary N) is 2. The van der Waals surface area contributed by atoms with Crippen molar-refractivity contribution in [3.63, 3.8) is 0 Å². The molecule has 0 saturated carbocycles. The third-order valence-corrected chi connectivity index (χ3v) is 2.77. The molecule has 7 heteroatoms. The van der Waals surface area contributed by atoms with E-state index in [-0.39, 0.29) is 17.4 Å². The van der Waals surface area contributed by atoms with Gasteiger partial charge in [0.15, 0.2) is 0 Å². The van der Waals surface area contributed by atoms with Crippen LogP contribution >= 0.6 is 24.0 Å². The van der Waals surface area contributed by atoms with Crippen molar-refractivity contribution >= 4 is 24.0 Å². The van der Waals surface area contributed by atoms with Gasteiger partial charge in [-0.05, 0) is 37.1 Å². The first-order chi connectivity index (χ1) is 7.86. The Morgan fingerprint density at radius 3 is 2.39 bits per heavy atom. The molecule has 0 aliphatic heterocycles. The van der Waals surface area contributed by atoms with Crippen LogP contribution in [0.5, 0.6) is 0 Å². The van der Waals surface area contributed by atoms with E-state index in [1.165, 1.54) is 12.1 Å². The minimum absolute atomic E-state index is 0. The van der Waals surface area contributed by atoms with E-state index in [1.54, 1.807) is 0 Å². The van der Waals surface area contributed by atoms with Gasteiger partial charge in [-0.3, -0.25) is 0 Å². The highest BCUT2D eigenvalue weighted by Crippen LogP contribution is 2.36. The molecule has 0 aromatic heterocycles. The van der Waals surface area contributed by atoms with Crippen LogP contribution in [-0.2, 0) is 6.18 Å². The quantitative estimate of drug-likeness (QED) is 0.894. The SMILES string of the molecule is Cl.NCCC[C@@H](N)c1ccc(Cl)c(C(F)(F)F)c1. The van der Waals surface area contributed by atoms with Gasteiger partial charge in [-0.25, -0.2) is 0 Å². The van der Waals surface area contributed by atoms with Gasteiger partial charge in [-0.1, -0.05) is 17.7 Å². The van der Waals surface area contributed by atoms with Crippen LogP contribution in [0.15, 0.2) is 18.2 Å². The minimum atomic E-state index is -4.46. The van der Waals surface area contributed by atoms with Gasteiger partial charge in [0.2, 0.25) is 0 Å². The van der Waals surface area contributed by atoms with E-state index in [2.05, 4.69) is 0 Å². The van der Waals surface area contributed by atoms with E-state index in [4.69, 9.17) is 23.1 Å². The molecule has 0 saturated heterocycles. The van der Waals surface area contributed by atoms with E-state index in [0.29, 0.717) is 24.9 Å². The van der Waals surface area contributed by atoms with Gasteiger partial charge in [0.05, 0.1) is 10.6 Å². The molecule has 0 aliphatic rings. The molecule has 4 N–H and O–H groups in total. The lowest BCUT2D eigenvalue weighted by molar-refractivity contribution is -0.137. The highest BCUT2D eigenvalue weighted by Gasteiger charge is 2.33. The van der Waals surface area contributed by atoms with Crippen molar-refractivity contribution in [3.05, 3.63) is 34.3 Å². The maximum Gasteiger partial charge on any atom is 0.417 e. The van der Waals surface area contributed by atoms with Gasteiger partial charge >= 0.3 is 6.18 Å². The first kappa shape index (κ1) is 17.5. The van der Waals surface area contributed by atoms with E-state index < -0.39 is 17.8 Å². The summed E-state index contributed by atoms with van der Waals surface area (Å²) in [5.41, 5.74) is 10.7. The highest BCUT2D eigenvalue weighted by atomic mass is 35.5. The fourth-order valence-electron chi connectivity index (χ4n) is 1.50. The molecule has 0 amide bonds. The predicted octanol–water partition coefficient (Wildman–Crippen LogP) is 3.52. The molecule has 0 unspecified atom stereocenters. The normalized spacial score (nSPS) is 13.0. The molecule has 0 fully saturated rings. The zero-order valence-corrected chi connectivity index (χ0v) is 11.1. The fourth-order valence-corrected chi connectivity index (χ4v) is 1.72. The summed E-state index contributed by atoms with van der Waals surface area (Å²) >= 11 is 5.51. The second-order valence-electron chi connectivity index (χ2n) is 3.77. The molecule has 0 heterocycles. The standard InChI is InChI=1S/C11H14ClF3N2.ClH/c12-9-4-3-7(10(17)2-1-5-16)6-8(9)11(13,14)15;/h3-4,6,10H,1-2,5,16-17H2;1H/t10-;/m1./s1. The monoisotopic (exact) mass is 302 g/mol. The molecule has 0 radical (unpaired) electrons. The van der Waals surface area contributed by atoms with Crippen LogP contribution in [-0.4, -0.2) is 6.54 Å². The van der Waals surface area contributed by atoms with Crippen LogP contribution in [0.4, 0.5) is 13.2 Å². The second-order valence-corrected chi connectivity index (χ2v) is 4.18. The summed E-state index contributed by atoms with van der Waals surface area (Å²) in [6.45, 7) is 0.466. The average molecular weight is 303 g/mol. The molecular weight excluding hydrogens is 288 g/mol. The summed E-state index contributed by atoms with van der Waals surface area (Å²) < 4.78 is 37.8. The van der Waals surface area contributed by atoms with Crippen LogP contribution in [0.2, 0.25) is 5.02 Å². The Hall–Kier alpha value is -0.490. The topological polar surface area (TPSA) is 52.0 Å². The number of benzene rings is 1. The second kappa shape index (κ2) is 7.19. The van der Waals surface area contributed by atoms with E-state index in [9.17, 15) is 13.2 Å². The maximum absolute atomic E-state index is 12.6. The number of hydrogen-bond donors (Lipinski definition) is 2. The van der Waals surface area contributed by atoms with E-state index in [0.717, 1.165) is 6.07 Å². The summed E-state index contributed by atoms with van der Waals surface area (Å²) in [7, 11) is 0. The maximum atomic E-state index is 12.6. The molecule has 0 spiro atoms. The molecule has 0 aliphatic carbocycles. The number of halogens is 5. The fraction of sp³-hybridized carbons (Fsp3) is 0.455. The van der Waals surface area contributed by atoms with Gasteiger partial charge in [-0.2, -0.15) is 13.2 Å². The van der Waals surface area contributed by atoms with Crippen LogP contribution in [0.3, 0.4) is 0 Å². The largest absolute Gasteiger partial charge is 0.417 e. The van der Waals surface area contributed by atoms with E-state index in [1.807, 2.05) is 0 Å². The molecule has 0 bridgehead atoms. The number of hydrogen-bond acceptors (Lipinski definition) is 2. The van der Waals surface area contributed by atoms with Gasteiger partial charge in [0.25, 0.3) is 0 Å². The summed E-state index contributed by atoms with van der Waals surface area (Å²) in [6.07, 6.45) is -3.23. The van der Waals surface area contributed by atoms with Crippen molar-refractivity contribution in [1.82, 2.24) is 0 Å².